The largest absolute Gasteiger partial charge is 0.387 e. The normalized spacial score (nSPS) is 19.6. The number of rotatable bonds is 5. The molecule has 2 N–H and O–H groups in total. The molecule has 0 bridgehead atoms. The molecule has 2 rings (SSSR count). The molecule has 1 aromatic rings. The fourth-order valence-electron chi connectivity index (χ4n) is 2.88. The van der Waals surface area contributed by atoms with Crippen LogP contribution in [0.25, 0.3) is 0 Å². The van der Waals surface area contributed by atoms with Crippen molar-refractivity contribution in [2.75, 3.05) is 0 Å². The third-order valence-electron chi connectivity index (χ3n) is 4.35. The van der Waals surface area contributed by atoms with E-state index in [1.807, 2.05) is 0 Å². The van der Waals surface area contributed by atoms with E-state index in [-0.39, 0.29) is 6.04 Å². The zero-order valence-corrected chi connectivity index (χ0v) is 12.4. The summed E-state index contributed by atoms with van der Waals surface area (Å²) in [6.07, 6.45) is 5.63. The van der Waals surface area contributed by atoms with E-state index >= 15 is 0 Å². The molecule has 1 aliphatic carbocycles. The van der Waals surface area contributed by atoms with Crippen molar-refractivity contribution in [3.05, 3.63) is 34.9 Å². The van der Waals surface area contributed by atoms with Gasteiger partial charge >= 0.3 is 0 Å². The van der Waals surface area contributed by atoms with E-state index in [1.54, 1.807) is 0 Å². The maximum Gasteiger partial charge on any atom is 0.0940 e. The first-order chi connectivity index (χ1) is 9.11. The third kappa shape index (κ3) is 3.58. The molecule has 0 aliphatic heterocycles. The van der Waals surface area contributed by atoms with E-state index in [0.29, 0.717) is 6.04 Å². The monoisotopic (exact) mass is 261 g/mol. The molecule has 1 aromatic carbocycles. The fourth-order valence-corrected chi connectivity index (χ4v) is 2.88. The molecule has 0 amide bonds. The Morgan fingerprint density at radius 1 is 1.16 bits per heavy atom. The van der Waals surface area contributed by atoms with Crippen LogP contribution in [-0.4, -0.2) is 17.2 Å². The summed E-state index contributed by atoms with van der Waals surface area (Å²) < 4.78 is 0. The standard InChI is InChI=1S/C17H27NO/c1-4-12(2)18-13(3)17(19)16-10-9-14-7-5-6-8-15(14)11-16/h9-13,17-19H,4-8H2,1-3H3. The maximum atomic E-state index is 10.5. The number of benzene rings is 1. The van der Waals surface area contributed by atoms with E-state index in [2.05, 4.69) is 44.3 Å². The van der Waals surface area contributed by atoms with Crippen LogP contribution >= 0.6 is 0 Å². The Kier molecular flexibility index (Phi) is 5.00. The van der Waals surface area contributed by atoms with Crippen molar-refractivity contribution < 1.29 is 5.11 Å². The minimum atomic E-state index is -0.416. The highest BCUT2D eigenvalue weighted by Crippen LogP contribution is 2.26. The minimum Gasteiger partial charge on any atom is -0.387 e. The van der Waals surface area contributed by atoms with Gasteiger partial charge in [-0.15, -0.1) is 0 Å². The van der Waals surface area contributed by atoms with Gasteiger partial charge in [-0.25, -0.2) is 0 Å². The van der Waals surface area contributed by atoms with Crippen molar-refractivity contribution in [1.82, 2.24) is 5.32 Å². The van der Waals surface area contributed by atoms with Crippen molar-refractivity contribution in [3.8, 4) is 0 Å². The molecule has 0 spiro atoms. The smallest absolute Gasteiger partial charge is 0.0940 e. The zero-order valence-electron chi connectivity index (χ0n) is 12.4. The Hall–Kier alpha value is -0.860. The Morgan fingerprint density at radius 3 is 2.53 bits per heavy atom. The molecule has 0 saturated carbocycles. The first-order valence-corrected chi connectivity index (χ1v) is 7.67. The molecule has 3 atom stereocenters. The molecule has 0 radical (unpaired) electrons. The van der Waals surface area contributed by atoms with Crippen LogP contribution < -0.4 is 5.32 Å². The van der Waals surface area contributed by atoms with Gasteiger partial charge in [0.2, 0.25) is 0 Å². The second-order valence-electron chi connectivity index (χ2n) is 5.94. The Balaban J connectivity index is 2.08. The molecule has 2 heteroatoms. The lowest BCUT2D eigenvalue weighted by Crippen LogP contribution is -2.38. The van der Waals surface area contributed by atoms with Crippen LogP contribution in [-0.2, 0) is 12.8 Å². The quantitative estimate of drug-likeness (QED) is 0.851. The molecule has 0 heterocycles. The summed E-state index contributed by atoms with van der Waals surface area (Å²) in [5.74, 6) is 0. The number of aliphatic hydroxyl groups excluding tert-OH is 1. The molecule has 0 saturated heterocycles. The number of nitrogens with one attached hydrogen (secondary N) is 1. The Labute approximate surface area is 117 Å². The predicted molar refractivity (Wildman–Crippen MR) is 80.4 cm³/mol. The lowest BCUT2D eigenvalue weighted by atomic mass is 9.88. The number of aliphatic hydroxyl groups is 1. The van der Waals surface area contributed by atoms with Crippen molar-refractivity contribution in [2.24, 2.45) is 0 Å². The molecule has 0 fully saturated rings. The topological polar surface area (TPSA) is 32.3 Å². The summed E-state index contributed by atoms with van der Waals surface area (Å²) in [4.78, 5) is 0. The average molecular weight is 261 g/mol. The van der Waals surface area contributed by atoms with Gasteiger partial charge in [-0.3, -0.25) is 0 Å². The van der Waals surface area contributed by atoms with Crippen LogP contribution in [0.5, 0.6) is 0 Å². The van der Waals surface area contributed by atoms with Gasteiger partial charge in [0.05, 0.1) is 6.10 Å². The van der Waals surface area contributed by atoms with Crippen molar-refractivity contribution >= 4 is 0 Å². The number of aryl methyl sites for hydroxylation is 2. The number of hydrogen-bond acceptors (Lipinski definition) is 2. The highest BCUT2D eigenvalue weighted by Gasteiger charge is 2.19. The van der Waals surface area contributed by atoms with Gasteiger partial charge in [-0.05, 0) is 62.6 Å². The highest BCUT2D eigenvalue weighted by atomic mass is 16.3. The summed E-state index contributed by atoms with van der Waals surface area (Å²) >= 11 is 0. The van der Waals surface area contributed by atoms with Crippen LogP contribution in [0.2, 0.25) is 0 Å². The highest BCUT2D eigenvalue weighted by molar-refractivity contribution is 5.35. The summed E-state index contributed by atoms with van der Waals surface area (Å²) in [6, 6.07) is 7.07. The van der Waals surface area contributed by atoms with Gasteiger partial charge in [0, 0.05) is 12.1 Å². The summed E-state index contributed by atoms with van der Waals surface area (Å²) in [7, 11) is 0. The Morgan fingerprint density at radius 2 is 1.84 bits per heavy atom. The van der Waals surface area contributed by atoms with E-state index < -0.39 is 6.10 Å². The van der Waals surface area contributed by atoms with Crippen molar-refractivity contribution in [3.63, 3.8) is 0 Å². The average Bonchev–Trinajstić information content (AvgIpc) is 2.45. The molecule has 2 nitrogen and oxygen atoms in total. The van der Waals surface area contributed by atoms with Crippen LogP contribution in [0, 0.1) is 0 Å². The van der Waals surface area contributed by atoms with Crippen LogP contribution in [0.4, 0.5) is 0 Å². The first-order valence-electron chi connectivity index (χ1n) is 7.67. The maximum absolute atomic E-state index is 10.5. The number of hydrogen-bond donors (Lipinski definition) is 2. The van der Waals surface area contributed by atoms with Gasteiger partial charge in [0.25, 0.3) is 0 Å². The second kappa shape index (κ2) is 6.53. The predicted octanol–water partition coefficient (Wildman–Crippen LogP) is 3.38. The second-order valence-corrected chi connectivity index (χ2v) is 5.94. The third-order valence-corrected chi connectivity index (χ3v) is 4.35. The van der Waals surface area contributed by atoms with E-state index in [9.17, 15) is 5.11 Å². The van der Waals surface area contributed by atoms with E-state index in [4.69, 9.17) is 0 Å². The molecule has 0 aromatic heterocycles. The van der Waals surface area contributed by atoms with Gasteiger partial charge in [0.1, 0.15) is 0 Å². The Bertz CT molecular complexity index is 416. The molecule has 1 aliphatic rings. The van der Waals surface area contributed by atoms with Crippen LogP contribution in [0.15, 0.2) is 18.2 Å². The molecule has 3 unspecified atom stereocenters. The lowest BCUT2D eigenvalue weighted by Gasteiger charge is -2.25. The van der Waals surface area contributed by atoms with Crippen LogP contribution in [0.1, 0.15) is 62.8 Å². The summed E-state index contributed by atoms with van der Waals surface area (Å²) in [5.41, 5.74) is 3.98. The van der Waals surface area contributed by atoms with E-state index in [1.165, 1.54) is 36.8 Å². The molecule has 19 heavy (non-hydrogen) atoms. The lowest BCUT2D eigenvalue weighted by molar-refractivity contribution is 0.130. The number of fused-ring (bicyclic) bond motifs is 1. The SMILES string of the molecule is CCC(C)NC(C)C(O)c1ccc2c(c1)CCCC2. The van der Waals surface area contributed by atoms with Crippen molar-refractivity contribution in [1.29, 1.82) is 0 Å². The molecular formula is C17H27NO. The molecular weight excluding hydrogens is 234 g/mol. The van der Waals surface area contributed by atoms with Gasteiger partial charge in [-0.2, -0.15) is 0 Å². The fraction of sp³-hybridized carbons (Fsp3) is 0.647. The van der Waals surface area contributed by atoms with E-state index in [0.717, 1.165) is 12.0 Å². The van der Waals surface area contributed by atoms with Crippen molar-refractivity contribution in [2.45, 2.75) is 71.1 Å². The van der Waals surface area contributed by atoms with Gasteiger partial charge < -0.3 is 10.4 Å². The first kappa shape index (κ1) is 14.5. The summed E-state index contributed by atoms with van der Waals surface area (Å²) in [5, 5.41) is 13.9. The zero-order chi connectivity index (χ0) is 13.8. The van der Waals surface area contributed by atoms with Gasteiger partial charge in [-0.1, -0.05) is 25.1 Å². The van der Waals surface area contributed by atoms with Crippen LogP contribution in [0.3, 0.4) is 0 Å². The molecule has 106 valence electrons. The summed E-state index contributed by atoms with van der Waals surface area (Å²) in [6.45, 7) is 6.39. The van der Waals surface area contributed by atoms with Gasteiger partial charge in [0.15, 0.2) is 0 Å². The minimum absolute atomic E-state index is 0.0941.